The van der Waals surface area contributed by atoms with Gasteiger partial charge in [-0.05, 0) is 41.7 Å². The van der Waals surface area contributed by atoms with Crippen molar-refractivity contribution in [1.29, 1.82) is 0 Å². The van der Waals surface area contributed by atoms with Crippen molar-refractivity contribution in [2.24, 2.45) is 0 Å². The van der Waals surface area contributed by atoms with Crippen LogP contribution in [0.5, 0.6) is 0 Å². The second-order valence-corrected chi connectivity index (χ2v) is 5.32. The monoisotopic (exact) mass is 264 g/mol. The van der Waals surface area contributed by atoms with Crippen LogP contribution in [0.25, 0.3) is 23.3 Å². The van der Waals surface area contributed by atoms with Crippen LogP contribution in [0.1, 0.15) is 30.5 Å². The molecule has 102 valence electrons. The van der Waals surface area contributed by atoms with E-state index < -0.39 is 5.60 Å². The Kier molecular flexibility index (Phi) is 3.91. The molecule has 0 bridgehead atoms. The Morgan fingerprint density at radius 2 is 1.60 bits per heavy atom. The molecule has 2 rings (SSSR count). The molecule has 0 atom stereocenters. The molecule has 0 fully saturated rings. The van der Waals surface area contributed by atoms with Crippen LogP contribution in [-0.2, 0) is 5.60 Å². The van der Waals surface area contributed by atoms with Crippen molar-refractivity contribution in [2.75, 3.05) is 0 Å². The SMILES string of the molecule is C=Cc1ccc(C(C)(C)O)c(-c2ccccc2)c1C=C. The molecule has 1 nitrogen and oxygen atoms in total. The molecule has 1 heteroatoms. The van der Waals surface area contributed by atoms with Crippen LogP contribution in [0, 0.1) is 0 Å². The van der Waals surface area contributed by atoms with E-state index in [1.165, 1.54) is 0 Å². The summed E-state index contributed by atoms with van der Waals surface area (Å²) >= 11 is 0. The van der Waals surface area contributed by atoms with Crippen LogP contribution in [0.15, 0.2) is 55.6 Å². The molecule has 0 saturated heterocycles. The molecular weight excluding hydrogens is 244 g/mol. The molecule has 0 heterocycles. The van der Waals surface area contributed by atoms with Gasteiger partial charge in [0.2, 0.25) is 0 Å². The Morgan fingerprint density at radius 3 is 2.10 bits per heavy atom. The normalized spacial score (nSPS) is 11.2. The molecule has 2 aromatic rings. The van der Waals surface area contributed by atoms with Crippen molar-refractivity contribution in [3.05, 3.63) is 72.3 Å². The molecule has 0 aromatic heterocycles. The third kappa shape index (κ3) is 2.59. The van der Waals surface area contributed by atoms with Gasteiger partial charge in [-0.2, -0.15) is 0 Å². The highest BCUT2D eigenvalue weighted by molar-refractivity contribution is 5.83. The minimum Gasteiger partial charge on any atom is -0.386 e. The summed E-state index contributed by atoms with van der Waals surface area (Å²) in [7, 11) is 0. The van der Waals surface area contributed by atoms with Gasteiger partial charge >= 0.3 is 0 Å². The smallest absolute Gasteiger partial charge is 0.0846 e. The van der Waals surface area contributed by atoms with Crippen LogP contribution in [-0.4, -0.2) is 5.11 Å². The van der Waals surface area contributed by atoms with Crippen molar-refractivity contribution in [3.8, 4) is 11.1 Å². The van der Waals surface area contributed by atoms with Gasteiger partial charge in [0.15, 0.2) is 0 Å². The summed E-state index contributed by atoms with van der Waals surface area (Å²) in [5.41, 5.74) is 4.10. The minimum absolute atomic E-state index is 0.893. The molecule has 0 spiro atoms. The van der Waals surface area contributed by atoms with E-state index in [0.717, 1.165) is 27.8 Å². The van der Waals surface area contributed by atoms with Crippen LogP contribution >= 0.6 is 0 Å². The Balaban J connectivity index is 2.86. The lowest BCUT2D eigenvalue weighted by Gasteiger charge is -2.24. The number of hydrogen-bond donors (Lipinski definition) is 1. The molecule has 2 aromatic carbocycles. The lowest BCUT2D eigenvalue weighted by molar-refractivity contribution is 0.0792. The van der Waals surface area contributed by atoms with Crippen LogP contribution in [0.2, 0.25) is 0 Å². The number of aliphatic hydroxyl groups is 1. The maximum Gasteiger partial charge on any atom is 0.0846 e. The topological polar surface area (TPSA) is 20.2 Å². The standard InChI is InChI=1S/C19H20O/c1-5-14-12-13-17(19(3,4)20)18(16(14)6-2)15-10-8-7-9-11-15/h5-13,20H,1-2H2,3-4H3. The third-order valence-corrected chi connectivity index (χ3v) is 3.42. The zero-order valence-corrected chi connectivity index (χ0v) is 12.1. The van der Waals surface area contributed by atoms with E-state index in [-0.39, 0.29) is 0 Å². The summed E-state index contributed by atoms with van der Waals surface area (Å²) in [5, 5.41) is 10.5. The maximum atomic E-state index is 10.5. The zero-order chi connectivity index (χ0) is 14.8. The highest BCUT2D eigenvalue weighted by Gasteiger charge is 2.23. The van der Waals surface area contributed by atoms with E-state index in [0.29, 0.717) is 0 Å². The van der Waals surface area contributed by atoms with Crippen LogP contribution < -0.4 is 0 Å². The Hall–Kier alpha value is -2.12. The fraction of sp³-hybridized carbons (Fsp3) is 0.158. The quantitative estimate of drug-likeness (QED) is 0.835. The van der Waals surface area contributed by atoms with Gasteiger partial charge in [-0.1, -0.05) is 67.8 Å². The molecule has 0 amide bonds. The first kappa shape index (κ1) is 14.3. The lowest BCUT2D eigenvalue weighted by atomic mass is 9.84. The maximum absolute atomic E-state index is 10.5. The molecule has 0 saturated carbocycles. The largest absolute Gasteiger partial charge is 0.386 e. The third-order valence-electron chi connectivity index (χ3n) is 3.42. The van der Waals surface area contributed by atoms with Crippen LogP contribution in [0.3, 0.4) is 0 Å². The second kappa shape index (κ2) is 5.48. The molecule has 0 aliphatic rings. The molecule has 0 aliphatic heterocycles. The van der Waals surface area contributed by atoms with Gasteiger partial charge < -0.3 is 5.11 Å². The van der Waals surface area contributed by atoms with E-state index in [4.69, 9.17) is 0 Å². The summed E-state index contributed by atoms with van der Waals surface area (Å²) < 4.78 is 0. The van der Waals surface area contributed by atoms with Crippen molar-refractivity contribution in [1.82, 2.24) is 0 Å². The Labute approximate surface area is 120 Å². The summed E-state index contributed by atoms with van der Waals surface area (Å²) in [6.45, 7) is 11.4. The van der Waals surface area contributed by atoms with Gasteiger partial charge in [-0.3, -0.25) is 0 Å². The molecule has 0 aliphatic carbocycles. The average molecular weight is 264 g/mol. The van der Waals surface area contributed by atoms with Crippen molar-refractivity contribution in [2.45, 2.75) is 19.4 Å². The number of rotatable bonds is 4. The number of benzene rings is 2. The molecule has 20 heavy (non-hydrogen) atoms. The highest BCUT2D eigenvalue weighted by Crippen LogP contribution is 2.37. The van der Waals surface area contributed by atoms with Gasteiger partial charge in [-0.25, -0.2) is 0 Å². The summed E-state index contributed by atoms with van der Waals surface area (Å²) in [4.78, 5) is 0. The van der Waals surface area contributed by atoms with E-state index >= 15 is 0 Å². The van der Waals surface area contributed by atoms with E-state index in [2.05, 4.69) is 13.2 Å². The molecule has 0 unspecified atom stereocenters. The Morgan fingerprint density at radius 1 is 0.950 bits per heavy atom. The Bertz CT molecular complexity index is 631. The zero-order valence-electron chi connectivity index (χ0n) is 12.1. The van der Waals surface area contributed by atoms with Gasteiger partial charge in [0.05, 0.1) is 5.60 Å². The first-order chi connectivity index (χ1) is 9.49. The predicted molar refractivity (Wildman–Crippen MR) is 87.3 cm³/mol. The van der Waals surface area contributed by atoms with Gasteiger partial charge in [-0.15, -0.1) is 0 Å². The molecular formula is C19H20O. The van der Waals surface area contributed by atoms with Crippen LogP contribution in [0.4, 0.5) is 0 Å². The first-order valence-electron chi connectivity index (χ1n) is 6.69. The molecule has 1 N–H and O–H groups in total. The van der Waals surface area contributed by atoms with Gasteiger partial charge in [0, 0.05) is 0 Å². The van der Waals surface area contributed by atoms with Crippen molar-refractivity contribution in [3.63, 3.8) is 0 Å². The van der Waals surface area contributed by atoms with Gasteiger partial charge in [0.1, 0.15) is 0 Å². The first-order valence-corrected chi connectivity index (χ1v) is 6.69. The summed E-state index contributed by atoms with van der Waals surface area (Å²) in [5.74, 6) is 0. The lowest BCUT2D eigenvalue weighted by Crippen LogP contribution is -2.17. The predicted octanol–water partition coefficient (Wildman–Crippen LogP) is 4.87. The summed E-state index contributed by atoms with van der Waals surface area (Å²) in [6.07, 6.45) is 3.65. The van der Waals surface area contributed by atoms with Crippen molar-refractivity contribution < 1.29 is 5.11 Å². The van der Waals surface area contributed by atoms with E-state index in [1.54, 1.807) is 13.8 Å². The van der Waals surface area contributed by atoms with E-state index in [9.17, 15) is 5.11 Å². The number of hydrogen-bond acceptors (Lipinski definition) is 1. The van der Waals surface area contributed by atoms with Crippen molar-refractivity contribution >= 4 is 12.2 Å². The fourth-order valence-corrected chi connectivity index (χ4v) is 2.46. The average Bonchev–Trinajstić information content (AvgIpc) is 2.45. The van der Waals surface area contributed by atoms with Gasteiger partial charge in [0.25, 0.3) is 0 Å². The van der Waals surface area contributed by atoms with E-state index in [1.807, 2.05) is 54.6 Å². The summed E-state index contributed by atoms with van der Waals surface area (Å²) in [6, 6.07) is 14.0. The second-order valence-electron chi connectivity index (χ2n) is 5.32. The molecule has 0 radical (unpaired) electrons. The minimum atomic E-state index is -0.914. The highest BCUT2D eigenvalue weighted by atomic mass is 16.3. The fourth-order valence-electron chi connectivity index (χ4n) is 2.46.